The average Bonchev–Trinajstić information content (AvgIpc) is 3.31. The molecule has 0 saturated carbocycles. The average molecular weight is 533 g/mol. The topological polar surface area (TPSA) is 111 Å². The third kappa shape index (κ3) is 7.53. The van der Waals surface area contributed by atoms with E-state index in [1.807, 2.05) is 12.1 Å². The first kappa shape index (κ1) is 28.1. The number of carbonyl (C=O) groups excluding carboxylic acids is 2. The summed E-state index contributed by atoms with van der Waals surface area (Å²) >= 11 is 6.03. The summed E-state index contributed by atoms with van der Waals surface area (Å²) in [6, 6.07) is 12.1. The molecule has 0 aliphatic heterocycles. The quantitative estimate of drug-likeness (QED) is 0.309. The number of hydrogen-bond donors (Lipinski definition) is 2. The molecule has 1 heterocycles. The zero-order chi connectivity index (χ0) is 27.0. The number of benzene rings is 2. The van der Waals surface area contributed by atoms with E-state index in [1.54, 1.807) is 39.2 Å². The summed E-state index contributed by atoms with van der Waals surface area (Å²) in [6.07, 6.45) is 0.975. The van der Waals surface area contributed by atoms with Gasteiger partial charge in [-0.05, 0) is 67.6 Å². The minimum absolute atomic E-state index is 0.163. The van der Waals surface area contributed by atoms with Crippen LogP contribution in [0.2, 0.25) is 5.02 Å². The summed E-state index contributed by atoms with van der Waals surface area (Å²) in [5.74, 6) is -1.95. The van der Waals surface area contributed by atoms with E-state index in [4.69, 9.17) is 25.6 Å². The third-order valence-corrected chi connectivity index (χ3v) is 6.29. The zero-order valence-electron chi connectivity index (χ0n) is 20.9. The maximum absolute atomic E-state index is 14.3. The first-order valence-electron chi connectivity index (χ1n) is 11.8. The van der Waals surface area contributed by atoms with Gasteiger partial charge in [0, 0.05) is 30.3 Å². The van der Waals surface area contributed by atoms with Gasteiger partial charge in [0.2, 0.25) is 5.76 Å². The number of hydrogen-bond acceptors (Lipinski definition) is 7. The number of carbonyl (C=O) groups is 2. The van der Waals surface area contributed by atoms with Gasteiger partial charge in [0.05, 0.1) is 18.1 Å². The highest BCUT2D eigenvalue weighted by molar-refractivity contribution is 6.30. The molecule has 0 aliphatic rings. The molecule has 0 bridgehead atoms. The molecule has 0 spiro atoms. The number of rotatable bonds is 12. The molecule has 0 fully saturated rings. The highest BCUT2D eigenvalue weighted by Gasteiger charge is 2.38. The lowest BCUT2D eigenvalue weighted by atomic mass is 9.79. The molecule has 0 radical (unpaired) electrons. The lowest BCUT2D eigenvalue weighted by Gasteiger charge is -2.31. The minimum atomic E-state index is -0.947. The Balaban J connectivity index is 1.86. The highest BCUT2D eigenvalue weighted by Crippen LogP contribution is 2.32. The normalized spacial score (nSPS) is 13.5. The van der Waals surface area contributed by atoms with E-state index in [2.05, 4.69) is 10.5 Å². The van der Waals surface area contributed by atoms with Crippen molar-refractivity contribution in [1.29, 1.82) is 0 Å². The molecule has 37 heavy (non-hydrogen) atoms. The molecule has 1 unspecified atom stereocenters. The van der Waals surface area contributed by atoms with E-state index >= 15 is 0 Å². The van der Waals surface area contributed by atoms with Crippen molar-refractivity contribution in [3.63, 3.8) is 0 Å². The fourth-order valence-electron chi connectivity index (χ4n) is 4.09. The summed E-state index contributed by atoms with van der Waals surface area (Å²) < 4.78 is 29.7. The van der Waals surface area contributed by atoms with Gasteiger partial charge in [0.15, 0.2) is 0 Å². The number of nitrogens with one attached hydrogen (secondary N) is 1. The van der Waals surface area contributed by atoms with Crippen molar-refractivity contribution in [3.05, 3.63) is 70.7 Å². The SMILES string of the molecule is CCOC(=O)C(C)(CCOC)C[C@@H](Cc1ccc(-c2cc(Cl)ccc2F)cc1)NC(=O)c1cc(O)no1. The Morgan fingerprint density at radius 2 is 1.95 bits per heavy atom. The van der Waals surface area contributed by atoms with Crippen molar-refractivity contribution in [3.8, 4) is 17.0 Å². The van der Waals surface area contributed by atoms with Gasteiger partial charge >= 0.3 is 5.97 Å². The molecule has 3 aromatic rings. The summed E-state index contributed by atoms with van der Waals surface area (Å²) in [7, 11) is 1.55. The summed E-state index contributed by atoms with van der Waals surface area (Å²) in [5, 5.41) is 16.1. The second-order valence-electron chi connectivity index (χ2n) is 8.97. The molecule has 2 aromatic carbocycles. The number of ether oxygens (including phenoxy) is 2. The van der Waals surface area contributed by atoms with Crippen molar-refractivity contribution in [2.75, 3.05) is 20.3 Å². The summed E-state index contributed by atoms with van der Waals surface area (Å²) in [6.45, 7) is 4.05. The number of aromatic nitrogens is 1. The highest BCUT2D eigenvalue weighted by atomic mass is 35.5. The predicted molar refractivity (Wildman–Crippen MR) is 136 cm³/mol. The van der Waals surface area contributed by atoms with Gasteiger partial charge in [-0.3, -0.25) is 9.59 Å². The van der Waals surface area contributed by atoms with Crippen LogP contribution in [0.4, 0.5) is 4.39 Å². The molecule has 0 aliphatic carbocycles. The van der Waals surface area contributed by atoms with Crippen LogP contribution in [0.5, 0.6) is 5.88 Å². The predicted octanol–water partition coefficient (Wildman–Crippen LogP) is 5.18. The van der Waals surface area contributed by atoms with Crippen LogP contribution in [0.3, 0.4) is 0 Å². The van der Waals surface area contributed by atoms with Crippen LogP contribution in [0.1, 0.15) is 42.8 Å². The monoisotopic (exact) mass is 532 g/mol. The summed E-state index contributed by atoms with van der Waals surface area (Å²) in [4.78, 5) is 25.7. The largest absolute Gasteiger partial charge is 0.491 e. The van der Waals surface area contributed by atoms with Crippen LogP contribution in [0.15, 0.2) is 53.1 Å². The van der Waals surface area contributed by atoms with Crippen LogP contribution in [0.25, 0.3) is 11.1 Å². The van der Waals surface area contributed by atoms with Gasteiger partial charge in [0.25, 0.3) is 11.8 Å². The van der Waals surface area contributed by atoms with Gasteiger partial charge in [-0.15, -0.1) is 0 Å². The van der Waals surface area contributed by atoms with E-state index in [9.17, 15) is 19.1 Å². The van der Waals surface area contributed by atoms with Gasteiger partial charge in [-0.25, -0.2) is 4.39 Å². The second kappa shape index (κ2) is 12.7. The minimum Gasteiger partial charge on any atom is -0.491 e. The Hall–Kier alpha value is -3.43. The van der Waals surface area contributed by atoms with Crippen molar-refractivity contribution >= 4 is 23.5 Å². The fraction of sp³-hybridized carbons (Fsp3) is 0.370. The van der Waals surface area contributed by atoms with Crippen molar-refractivity contribution in [2.24, 2.45) is 5.41 Å². The number of halogens is 2. The Kier molecular flexibility index (Phi) is 9.66. The van der Waals surface area contributed by atoms with E-state index in [0.29, 0.717) is 35.6 Å². The molecule has 10 heteroatoms. The van der Waals surface area contributed by atoms with Gasteiger partial charge < -0.3 is 24.4 Å². The Labute approximate surface area is 219 Å². The maximum Gasteiger partial charge on any atom is 0.311 e. The number of aromatic hydroxyl groups is 1. The van der Waals surface area contributed by atoms with Crippen molar-refractivity contribution in [2.45, 2.75) is 39.2 Å². The maximum atomic E-state index is 14.3. The lowest BCUT2D eigenvalue weighted by Crippen LogP contribution is -2.43. The molecule has 2 N–H and O–H groups in total. The smallest absolute Gasteiger partial charge is 0.311 e. The molecule has 2 atom stereocenters. The second-order valence-corrected chi connectivity index (χ2v) is 9.41. The van der Waals surface area contributed by atoms with E-state index in [-0.39, 0.29) is 24.6 Å². The number of methoxy groups -OCH3 is 1. The van der Waals surface area contributed by atoms with Gasteiger partial charge in [0.1, 0.15) is 5.82 Å². The third-order valence-electron chi connectivity index (χ3n) is 6.06. The van der Waals surface area contributed by atoms with E-state index in [1.165, 1.54) is 12.1 Å². The van der Waals surface area contributed by atoms with Gasteiger partial charge in [-0.1, -0.05) is 35.9 Å². The Morgan fingerprint density at radius 1 is 1.22 bits per heavy atom. The first-order chi connectivity index (χ1) is 17.6. The van der Waals surface area contributed by atoms with Crippen LogP contribution in [-0.4, -0.2) is 48.5 Å². The molecule has 0 saturated heterocycles. The Morgan fingerprint density at radius 3 is 2.57 bits per heavy atom. The zero-order valence-corrected chi connectivity index (χ0v) is 21.7. The first-order valence-corrected chi connectivity index (χ1v) is 12.2. The molecule has 198 valence electrons. The van der Waals surface area contributed by atoms with E-state index < -0.39 is 29.2 Å². The van der Waals surface area contributed by atoms with Crippen molar-refractivity contribution in [1.82, 2.24) is 10.5 Å². The number of nitrogens with zero attached hydrogens (tertiary/aromatic N) is 1. The van der Waals surface area contributed by atoms with Crippen LogP contribution in [0, 0.1) is 11.2 Å². The Bertz CT molecular complexity index is 1220. The van der Waals surface area contributed by atoms with Crippen molar-refractivity contribution < 1.29 is 33.1 Å². The molecular weight excluding hydrogens is 503 g/mol. The standard InChI is InChI=1S/C27H30ClFN2O6/c1-4-36-26(34)27(2,11-12-35-3)16-20(30-25(33)23-15-24(32)31-37-23)13-17-5-7-18(8-6-17)21-14-19(28)9-10-22(21)29/h5-10,14-15,20H,4,11-13,16H2,1-3H3,(H,30,33)(H,31,32)/t20-,27?/m1/s1. The molecule has 8 nitrogen and oxygen atoms in total. The van der Waals surface area contributed by atoms with Crippen LogP contribution >= 0.6 is 11.6 Å². The van der Waals surface area contributed by atoms with E-state index in [0.717, 1.165) is 11.6 Å². The van der Waals surface area contributed by atoms with Crippen LogP contribution in [-0.2, 0) is 20.7 Å². The molecule has 1 aromatic heterocycles. The number of esters is 1. The lowest BCUT2D eigenvalue weighted by molar-refractivity contribution is -0.156. The number of amides is 1. The fourth-order valence-corrected chi connectivity index (χ4v) is 4.26. The molecule has 1 amide bonds. The summed E-state index contributed by atoms with van der Waals surface area (Å²) in [5.41, 5.74) is 0.924. The molecular formula is C27H30ClFN2O6. The molecule has 3 rings (SSSR count). The van der Waals surface area contributed by atoms with Gasteiger partial charge in [-0.2, -0.15) is 0 Å². The van der Waals surface area contributed by atoms with Crippen LogP contribution < -0.4 is 5.32 Å².